The fourth-order valence-corrected chi connectivity index (χ4v) is 0.702. The highest BCUT2D eigenvalue weighted by Crippen LogP contribution is 2.03. The van der Waals surface area contributed by atoms with Gasteiger partial charge in [0.1, 0.15) is 0 Å². The molecule has 0 saturated heterocycles. The molecule has 0 aromatic rings. The Bertz CT molecular complexity index is 69.0. The van der Waals surface area contributed by atoms with Crippen molar-refractivity contribution in [2.45, 2.75) is 38.7 Å². The molecule has 1 atom stereocenters. The zero-order valence-corrected chi connectivity index (χ0v) is 6.14. The van der Waals surface area contributed by atoms with E-state index in [1.54, 1.807) is 0 Å². The minimum atomic E-state index is -0.0926. The molecule has 0 rings (SSSR count). The number of hydrogen-bond donors (Lipinski definition) is 1. The van der Waals surface area contributed by atoms with Crippen LogP contribution in [0.3, 0.4) is 0 Å². The largest absolute Gasteiger partial charge is 0.393 e. The summed E-state index contributed by atoms with van der Waals surface area (Å²) in [6, 6.07) is 0. The van der Waals surface area contributed by atoms with Crippen molar-refractivity contribution in [3.05, 3.63) is 12.7 Å². The summed E-state index contributed by atoms with van der Waals surface area (Å²) in [7, 11) is 0. The Kier molecular flexibility index (Phi) is 5.64. The summed E-state index contributed by atoms with van der Waals surface area (Å²) in [6.07, 6.45) is 5.68. The molecule has 0 aromatic heterocycles. The highest BCUT2D eigenvalue weighted by Gasteiger charge is 1.97. The molecule has 0 unspecified atom stereocenters. The first-order valence-corrected chi connectivity index (χ1v) is 3.60. The summed E-state index contributed by atoms with van der Waals surface area (Å²) in [5, 5.41) is 9.05. The van der Waals surface area contributed by atoms with Gasteiger partial charge in [0.2, 0.25) is 0 Å². The molecule has 1 heteroatoms. The fraction of sp³-hybridized carbons (Fsp3) is 0.750. The standard InChI is InChI=1S/C8H16O/c1-3-5-6-7-8(9)4-2/h3,8-9H,1,4-7H2,2H3/t8-/m1/s1. The van der Waals surface area contributed by atoms with Crippen molar-refractivity contribution >= 4 is 0 Å². The first-order chi connectivity index (χ1) is 4.31. The van der Waals surface area contributed by atoms with Gasteiger partial charge in [-0.3, -0.25) is 0 Å². The van der Waals surface area contributed by atoms with Crippen LogP contribution in [0.5, 0.6) is 0 Å². The normalized spacial score (nSPS) is 13.1. The summed E-state index contributed by atoms with van der Waals surface area (Å²) in [5.41, 5.74) is 0. The van der Waals surface area contributed by atoms with Crippen molar-refractivity contribution in [2.75, 3.05) is 0 Å². The second-order valence-electron chi connectivity index (χ2n) is 2.28. The van der Waals surface area contributed by atoms with Crippen LogP contribution < -0.4 is 0 Å². The Labute approximate surface area is 57.4 Å². The van der Waals surface area contributed by atoms with Crippen molar-refractivity contribution in [3.8, 4) is 0 Å². The molecule has 0 radical (unpaired) electrons. The number of rotatable bonds is 5. The Morgan fingerprint density at radius 1 is 1.67 bits per heavy atom. The quantitative estimate of drug-likeness (QED) is 0.444. The van der Waals surface area contributed by atoms with Crippen molar-refractivity contribution in [1.82, 2.24) is 0 Å². The van der Waals surface area contributed by atoms with E-state index in [2.05, 4.69) is 6.58 Å². The first-order valence-electron chi connectivity index (χ1n) is 3.60. The average Bonchev–Trinajstić information content (AvgIpc) is 1.89. The monoisotopic (exact) mass is 128 g/mol. The third kappa shape index (κ3) is 5.57. The molecule has 0 aliphatic carbocycles. The molecule has 0 spiro atoms. The Hall–Kier alpha value is -0.300. The smallest absolute Gasteiger partial charge is 0.0537 e. The van der Waals surface area contributed by atoms with Crippen LogP contribution in [0.4, 0.5) is 0 Å². The van der Waals surface area contributed by atoms with E-state index in [1.165, 1.54) is 0 Å². The lowest BCUT2D eigenvalue weighted by Gasteiger charge is -2.04. The summed E-state index contributed by atoms with van der Waals surface area (Å²) < 4.78 is 0. The van der Waals surface area contributed by atoms with E-state index >= 15 is 0 Å². The van der Waals surface area contributed by atoms with E-state index in [0.717, 1.165) is 25.7 Å². The molecule has 0 aliphatic rings. The molecule has 0 bridgehead atoms. The molecule has 0 aromatic carbocycles. The average molecular weight is 128 g/mol. The van der Waals surface area contributed by atoms with E-state index in [1.807, 2.05) is 13.0 Å². The molecule has 1 N–H and O–H groups in total. The molecule has 0 saturated carbocycles. The van der Waals surface area contributed by atoms with E-state index in [0.29, 0.717) is 0 Å². The van der Waals surface area contributed by atoms with Gasteiger partial charge in [0.25, 0.3) is 0 Å². The second kappa shape index (κ2) is 5.83. The van der Waals surface area contributed by atoms with E-state index in [-0.39, 0.29) is 6.10 Å². The maximum Gasteiger partial charge on any atom is 0.0537 e. The van der Waals surface area contributed by atoms with Gasteiger partial charge >= 0.3 is 0 Å². The minimum absolute atomic E-state index is 0.0926. The lowest BCUT2D eigenvalue weighted by Crippen LogP contribution is -2.02. The summed E-state index contributed by atoms with van der Waals surface area (Å²) in [6.45, 7) is 5.60. The van der Waals surface area contributed by atoms with Gasteiger partial charge in [-0.25, -0.2) is 0 Å². The third-order valence-electron chi connectivity index (χ3n) is 1.42. The van der Waals surface area contributed by atoms with Crippen LogP contribution in [0.15, 0.2) is 12.7 Å². The van der Waals surface area contributed by atoms with E-state index in [9.17, 15) is 0 Å². The minimum Gasteiger partial charge on any atom is -0.393 e. The van der Waals surface area contributed by atoms with Gasteiger partial charge in [-0.2, -0.15) is 0 Å². The second-order valence-corrected chi connectivity index (χ2v) is 2.28. The maximum atomic E-state index is 9.05. The zero-order valence-electron chi connectivity index (χ0n) is 6.14. The Morgan fingerprint density at radius 2 is 2.33 bits per heavy atom. The number of unbranched alkanes of at least 4 members (excludes halogenated alkanes) is 1. The SMILES string of the molecule is C=CCCC[C@H](O)CC. The van der Waals surface area contributed by atoms with Crippen LogP contribution in [0.2, 0.25) is 0 Å². The molecular formula is C8H16O. The van der Waals surface area contributed by atoms with Gasteiger partial charge < -0.3 is 5.11 Å². The predicted molar refractivity (Wildman–Crippen MR) is 40.3 cm³/mol. The van der Waals surface area contributed by atoms with Crippen molar-refractivity contribution in [3.63, 3.8) is 0 Å². The van der Waals surface area contributed by atoms with Gasteiger partial charge in [0, 0.05) is 0 Å². The summed E-state index contributed by atoms with van der Waals surface area (Å²) in [4.78, 5) is 0. The number of allylic oxidation sites excluding steroid dienone is 1. The summed E-state index contributed by atoms with van der Waals surface area (Å²) >= 11 is 0. The Balaban J connectivity index is 2.96. The number of aliphatic hydroxyl groups is 1. The lowest BCUT2D eigenvalue weighted by atomic mass is 10.1. The molecule has 0 aliphatic heterocycles. The van der Waals surface area contributed by atoms with Crippen LogP contribution in [0.25, 0.3) is 0 Å². The van der Waals surface area contributed by atoms with Crippen LogP contribution in [-0.2, 0) is 0 Å². The van der Waals surface area contributed by atoms with Gasteiger partial charge in [-0.15, -0.1) is 6.58 Å². The molecule has 9 heavy (non-hydrogen) atoms. The van der Waals surface area contributed by atoms with Crippen molar-refractivity contribution in [1.29, 1.82) is 0 Å². The molecule has 0 heterocycles. The van der Waals surface area contributed by atoms with Crippen LogP contribution in [0.1, 0.15) is 32.6 Å². The predicted octanol–water partition coefficient (Wildman–Crippen LogP) is 2.11. The van der Waals surface area contributed by atoms with Gasteiger partial charge in [-0.1, -0.05) is 13.0 Å². The highest BCUT2D eigenvalue weighted by molar-refractivity contribution is 4.66. The molecule has 0 fully saturated rings. The first kappa shape index (κ1) is 8.70. The van der Waals surface area contributed by atoms with E-state index < -0.39 is 0 Å². The zero-order chi connectivity index (χ0) is 7.11. The lowest BCUT2D eigenvalue weighted by molar-refractivity contribution is 0.158. The molecule has 54 valence electrons. The molecule has 1 nitrogen and oxygen atoms in total. The van der Waals surface area contributed by atoms with Gasteiger partial charge in [-0.05, 0) is 25.7 Å². The van der Waals surface area contributed by atoms with Crippen LogP contribution in [0, 0.1) is 0 Å². The number of hydrogen-bond acceptors (Lipinski definition) is 1. The molecular weight excluding hydrogens is 112 g/mol. The molecule has 0 amide bonds. The van der Waals surface area contributed by atoms with Crippen molar-refractivity contribution < 1.29 is 5.11 Å². The summed E-state index contributed by atoms with van der Waals surface area (Å²) in [5.74, 6) is 0. The van der Waals surface area contributed by atoms with E-state index in [4.69, 9.17) is 5.11 Å². The van der Waals surface area contributed by atoms with Crippen LogP contribution in [-0.4, -0.2) is 11.2 Å². The topological polar surface area (TPSA) is 20.2 Å². The highest BCUT2D eigenvalue weighted by atomic mass is 16.3. The Morgan fingerprint density at radius 3 is 2.78 bits per heavy atom. The van der Waals surface area contributed by atoms with Crippen LogP contribution >= 0.6 is 0 Å². The maximum absolute atomic E-state index is 9.05. The van der Waals surface area contributed by atoms with Crippen molar-refractivity contribution in [2.24, 2.45) is 0 Å². The van der Waals surface area contributed by atoms with Gasteiger partial charge in [0.05, 0.1) is 6.10 Å². The third-order valence-corrected chi connectivity index (χ3v) is 1.42. The van der Waals surface area contributed by atoms with Gasteiger partial charge in [0.15, 0.2) is 0 Å². The fourth-order valence-electron chi connectivity index (χ4n) is 0.702. The number of aliphatic hydroxyl groups excluding tert-OH is 1.